The standard InChI is InChI=1S/C11H8NO2/c1-14-11-4-2-9(3-5-11)6-10(7-12)8-13/h2-6H,1H3/b10-6+. The van der Waals surface area contributed by atoms with Crippen LogP contribution < -0.4 is 4.74 Å². The minimum atomic E-state index is -0.0184. The van der Waals surface area contributed by atoms with E-state index >= 15 is 0 Å². The molecule has 1 rings (SSSR count). The average molecular weight is 186 g/mol. The maximum atomic E-state index is 10.2. The topological polar surface area (TPSA) is 50.1 Å². The van der Waals surface area contributed by atoms with E-state index in [1.54, 1.807) is 43.7 Å². The molecule has 0 aliphatic rings. The van der Waals surface area contributed by atoms with Crippen molar-refractivity contribution in [3.05, 3.63) is 35.4 Å². The molecule has 0 atom stereocenters. The van der Waals surface area contributed by atoms with E-state index in [1.165, 1.54) is 6.08 Å². The highest BCUT2D eigenvalue weighted by molar-refractivity contribution is 5.87. The van der Waals surface area contributed by atoms with Gasteiger partial charge in [0.1, 0.15) is 17.4 Å². The highest BCUT2D eigenvalue weighted by Gasteiger charge is 1.95. The third-order valence-electron chi connectivity index (χ3n) is 1.66. The van der Waals surface area contributed by atoms with Gasteiger partial charge in [-0.15, -0.1) is 0 Å². The molecule has 14 heavy (non-hydrogen) atoms. The van der Waals surface area contributed by atoms with Gasteiger partial charge in [-0.25, -0.2) is 0 Å². The molecule has 0 amide bonds. The van der Waals surface area contributed by atoms with Crippen molar-refractivity contribution in [2.24, 2.45) is 0 Å². The fourth-order valence-corrected chi connectivity index (χ4v) is 0.951. The molecule has 0 aromatic heterocycles. The first-order valence-electron chi connectivity index (χ1n) is 3.94. The Morgan fingerprint density at radius 3 is 2.50 bits per heavy atom. The molecule has 0 heterocycles. The van der Waals surface area contributed by atoms with Crippen LogP contribution in [-0.4, -0.2) is 13.4 Å². The summed E-state index contributed by atoms with van der Waals surface area (Å²) in [6, 6.07) is 8.76. The van der Waals surface area contributed by atoms with Crippen LogP contribution in [0.5, 0.6) is 5.75 Å². The number of allylic oxidation sites excluding steroid dienone is 1. The van der Waals surface area contributed by atoms with Gasteiger partial charge in [-0.3, -0.25) is 4.79 Å². The summed E-state index contributed by atoms with van der Waals surface area (Å²) in [5, 5.41) is 8.48. The first-order valence-corrected chi connectivity index (χ1v) is 3.94. The van der Waals surface area contributed by atoms with Gasteiger partial charge >= 0.3 is 0 Å². The van der Waals surface area contributed by atoms with E-state index in [9.17, 15) is 4.79 Å². The Bertz CT molecular complexity index is 385. The first kappa shape index (κ1) is 10.0. The number of methoxy groups -OCH3 is 1. The predicted molar refractivity (Wildman–Crippen MR) is 52.3 cm³/mol. The summed E-state index contributed by atoms with van der Waals surface area (Å²) < 4.78 is 4.96. The van der Waals surface area contributed by atoms with E-state index in [4.69, 9.17) is 10.00 Å². The quantitative estimate of drug-likeness (QED) is 0.533. The minimum Gasteiger partial charge on any atom is -0.497 e. The Morgan fingerprint density at radius 2 is 2.07 bits per heavy atom. The van der Waals surface area contributed by atoms with E-state index in [0.29, 0.717) is 0 Å². The second-order valence-electron chi connectivity index (χ2n) is 2.55. The zero-order chi connectivity index (χ0) is 10.4. The molecule has 0 fully saturated rings. The lowest BCUT2D eigenvalue weighted by molar-refractivity contribution is 0.415. The Kier molecular flexibility index (Phi) is 3.45. The summed E-state index contributed by atoms with van der Waals surface area (Å²) in [4.78, 5) is 10.2. The van der Waals surface area contributed by atoms with E-state index < -0.39 is 0 Å². The second-order valence-corrected chi connectivity index (χ2v) is 2.55. The zero-order valence-electron chi connectivity index (χ0n) is 7.65. The van der Waals surface area contributed by atoms with E-state index in [-0.39, 0.29) is 5.57 Å². The summed E-state index contributed by atoms with van der Waals surface area (Å²) in [6.45, 7) is 0. The fraction of sp³-hybridized carbons (Fsp3) is 0.0909. The van der Waals surface area contributed by atoms with Crippen molar-refractivity contribution in [1.82, 2.24) is 0 Å². The lowest BCUT2D eigenvalue weighted by Gasteiger charge is -1.98. The molecule has 1 aromatic carbocycles. The van der Waals surface area contributed by atoms with E-state index in [0.717, 1.165) is 11.3 Å². The van der Waals surface area contributed by atoms with Crippen molar-refractivity contribution < 1.29 is 9.53 Å². The van der Waals surface area contributed by atoms with Crippen LogP contribution in [0.25, 0.3) is 6.08 Å². The van der Waals surface area contributed by atoms with Crippen LogP contribution in [0.4, 0.5) is 0 Å². The van der Waals surface area contributed by atoms with Crippen LogP contribution in [0.15, 0.2) is 29.8 Å². The number of hydrogen-bond donors (Lipinski definition) is 0. The van der Waals surface area contributed by atoms with Gasteiger partial charge in [-0.05, 0) is 23.8 Å². The minimum absolute atomic E-state index is 0.0184. The van der Waals surface area contributed by atoms with Gasteiger partial charge in [0.05, 0.1) is 7.11 Å². The molecule has 0 saturated heterocycles. The predicted octanol–water partition coefficient (Wildman–Crippen LogP) is 1.71. The van der Waals surface area contributed by atoms with Gasteiger partial charge in [0, 0.05) is 0 Å². The van der Waals surface area contributed by atoms with Crippen molar-refractivity contribution in [2.75, 3.05) is 7.11 Å². The lowest BCUT2D eigenvalue weighted by Crippen LogP contribution is -1.83. The van der Waals surface area contributed by atoms with Crippen LogP contribution >= 0.6 is 0 Å². The summed E-state index contributed by atoms with van der Waals surface area (Å²) in [5.74, 6) is 0.732. The van der Waals surface area contributed by atoms with E-state index in [2.05, 4.69) is 0 Å². The van der Waals surface area contributed by atoms with Crippen LogP contribution in [0, 0.1) is 11.3 Å². The summed E-state index contributed by atoms with van der Waals surface area (Å²) in [7, 11) is 1.57. The van der Waals surface area contributed by atoms with Crippen LogP contribution in [0.1, 0.15) is 5.56 Å². The smallest absolute Gasteiger partial charge is 0.244 e. The van der Waals surface area contributed by atoms with Crippen LogP contribution in [-0.2, 0) is 4.79 Å². The Labute approximate surface area is 82.2 Å². The monoisotopic (exact) mass is 186 g/mol. The van der Waals surface area contributed by atoms with Crippen molar-refractivity contribution in [1.29, 1.82) is 5.26 Å². The van der Waals surface area contributed by atoms with E-state index in [1.807, 2.05) is 0 Å². The van der Waals surface area contributed by atoms with Gasteiger partial charge in [0.15, 0.2) is 0 Å². The van der Waals surface area contributed by atoms with Crippen molar-refractivity contribution in [3.63, 3.8) is 0 Å². The highest BCUT2D eigenvalue weighted by atomic mass is 16.5. The summed E-state index contributed by atoms with van der Waals surface area (Å²) in [6.07, 6.45) is 3.01. The molecule has 1 radical (unpaired) electrons. The molecule has 0 spiro atoms. The molecular weight excluding hydrogens is 178 g/mol. The Balaban J connectivity index is 2.94. The molecule has 0 aliphatic heterocycles. The first-order chi connectivity index (χ1) is 6.80. The molecule has 3 heteroatoms. The number of ether oxygens (including phenoxy) is 1. The van der Waals surface area contributed by atoms with Crippen LogP contribution in [0.3, 0.4) is 0 Å². The number of nitrogens with zero attached hydrogens (tertiary/aromatic N) is 1. The molecule has 0 aliphatic carbocycles. The molecule has 0 N–H and O–H groups in total. The van der Waals surface area contributed by atoms with Crippen molar-refractivity contribution in [2.45, 2.75) is 0 Å². The zero-order valence-corrected chi connectivity index (χ0v) is 7.65. The third kappa shape index (κ3) is 2.46. The number of benzene rings is 1. The largest absolute Gasteiger partial charge is 0.497 e. The highest BCUT2D eigenvalue weighted by Crippen LogP contribution is 2.13. The molecule has 0 saturated carbocycles. The van der Waals surface area contributed by atoms with Gasteiger partial charge in [-0.1, -0.05) is 12.1 Å². The van der Waals surface area contributed by atoms with Crippen molar-refractivity contribution in [3.8, 4) is 11.8 Å². The maximum Gasteiger partial charge on any atom is 0.244 e. The average Bonchev–Trinajstić information content (AvgIpc) is 2.26. The Hall–Kier alpha value is -2.08. The maximum absolute atomic E-state index is 10.2. The molecule has 3 nitrogen and oxygen atoms in total. The fourth-order valence-electron chi connectivity index (χ4n) is 0.951. The molecular formula is C11H8NO2. The normalized spacial score (nSPS) is 10.4. The second kappa shape index (κ2) is 4.83. The Morgan fingerprint density at radius 1 is 1.43 bits per heavy atom. The van der Waals surface area contributed by atoms with Gasteiger partial charge in [0.2, 0.25) is 6.29 Å². The van der Waals surface area contributed by atoms with Gasteiger partial charge < -0.3 is 4.74 Å². The summed E-state index contributed by atoms with van der Waals surface area (Å²) in [5.41, 5.74) is 0.751. The van der Waals surface area contributed by atoms with Crippen molar-refractivity contribution >= 4 is 12.4 Å². The number of nitriles is 1. The molecule has 0 unspecified atom stereocenters. The summed E-state index contributed by atoms with van der Waals surface area (Å²) >= 11 is 0. The number of rotatable bonds is 3. The number of hydrogen-bond acceptors (Lipinski definition) is 3. The van der Waals surface area contributed by atoms with Gasteiger partial charge in [-0.2, -0.15) is 5.26 Å². The molecule has 0 bridgehead atoms. The van der Waals surface area contributed by atoms with Crippen LogP contribution in [0.2, 0.25) is 0 Å². The lowest BCUT2D eigenvalue weighted by atomic mass is 10.1. The SMILES string of the molecule is COc1ccc(/C=C(/[C]=O)C#N)cc1. The third-order valence-corrected chi connectivity index (χ3v) is 1.66. The molecule has 1 aromatic rings. The van der Waals surface area contributed by atoms with Gasteiger partial charge in [0.25, 0.3) is 0 Å². The number of carbonyl (C=O) groups excluding carboxylic acids is 1. The molecule has 69 valence electrons.